The summed E-state index contributed by atoms with van der Waals surface area (Å²) >= 11 is 0. The van der Waals surface area contributed by atoms with Crippen LogP contribution in [0.1, 0.15) is 290 Å². The van der Waals surface area contributed by atoms with Crippen LogP contribution in [0.15, 0.2) is 12.2 Å². The van der Waals surface area contributed by atoms with E-state index >= 15 is 0 Å². The lowest BCUT2D eigenvalue weighted by atomic mass is 10.0. The maximum atomic E-state index is 12.4. The van der Waals surface area contributed by atoms with E-state index < -0.39 is 12.1 Å². The molecule has 0 aromatic heterocycles. The van der Waals surface area contributed by atoms with Crippen molar-refractivity contribution in [2.75, 3.05) is 6.61 Å². The first-order valence-corrected chi connectivity index (χ1v) is 25.4. The number of unbranched alkanes of at least 4 members (excludes halogenated alkanes) is 40. The smallest absolute Gasteiger partial charge is 0.220 e. The van der Waals surface area contributed by atoms with Crippen molar-refractivity contribution in [3.05, 3.63) is 12.2 Å². The summed E-state index contributed by atoms with van der Waals surface area (Å²) in [5.41, 5.74) is 0. The standard InChI is InChI=1S/C51H101NO3/c1-3-5-7-9-11-13-15-17-19-21-23-25-27-28-30-32-34-36-38-40-42-44-46-50(54)49(48-53)52-51(55)47-45-43-41-39-37-35-33-31-29-26-24-22-20-18-16-14-12-10-8-6-4-2/h44,46,49-50,53-54H,3-43,45,47-48H2,1-2H3,(H,52,55)/b46-44+. The molecule has 4 nitrogen and oxygen atoms in total. The van der Waals surface area contributed by atoms with Gasteiger partial charge in [-0.15, -0.1) is 0 Å². The summed E-state index contributed by atoms with van der Waals surface area (Å²) in [4.78, 5) is 12.4. The summed E-state index contributed by atoms with van der Waals surface area (Å²) < 4.78 is 0. The Labute approximate surface area is 346 Å². The maximum absolute atomic E-state index is 12.4. The van der Waals surface area contributed by atoms with E-state index in [0.29, 0.717) is 6.42 Å². The number of hydrogen-bond acceptors (Lipinski definition) is 3. The molecule has 0 rings (SSSR count). The van der Waals surface area contributed by atoms with Crippen molar-refractivity contribution in [2.45, 2.75) is 302 Å². The molecule has 2 unspecified atom stereocenters. The van der Waals surface area contributed by atoms with Crippen LogP contribution >= 0.6 is 0 Å². The Hall–Kier alpha value is -0.870. The van der Waals surface area contributed by atoms with E-state index in [2.05, 4.69) is 19.2 Å². The first kappa shape index (κ1) is 54.1. The van der Waals surface area contributed by atoms with Crippen molar-refractivity contribution in [3.63, 3.8) is 0 Å². The molecule has 0 saturated carbocycles. The van der Waals surface area contributed by atoms with Crippen LogP contribution in [-0.2, 0) is 4.79 Å². The predicted octanol–water partition coefficient (Wildman–Crippen LogP) is 16.2. The van der Waals surface area contributed by atoms with Gasteiger partial charge < -0.3 is 15.5 Å². The van der Waals surface area contributed by atoms with Crippen LogP contribution in [0.5, 0.6) is 0 Å². The highest BCUT2D eigenvalue weighted by Gasteiger charge is 2.18. The van der Waals surface area contributed by atoms with Crippen molar-refractivity contribution in [1.29, 1.82) is 0 Å². The van der Waals surface area contributed by atoms with Gasteiger partial charge in [0.2, 0.25) is 5.91 Å². The van der Waals surface area contributed by atoms with Crippen LogP contribution in [0.25, 0.3) is 0 Å². The van der Waals surface area contributed by atoms with Gasteiger partial charge in [-0.25, -0.2) is 0 Å². The van der Waals surface area contributed by atoms with Gasteiger partial charge in [0, 0.05) is 6.42 Å². The second-order valence-corrected chi connectivity index (χ2v) is 17.6. The Morgan fingerprint density at radius 2 is 0.673 bits per heavy atom. The highest BCUT2D eigenvalue weighted by atomic mass is 16.3. The molecule has 4 heteroatoms. The van der Waals surface area contributed by atoms with Crippen LogP contribution in [0, 0.1) is 0 Å². The minimum atomic E-state index is -0.834. The Kier molecular flexibility index (Phi) is 46.8. The molecule has 0 aromatic carbocycles. The lowest BCUT2D eigenvalue weighted by molar-refractivity contribution is -0.123. The Balaban J connectivity index is 3.48. The Morgan fingerprint density at radius 1 is 0.418 bits per heavy atom. The van der Waals surface area contributed by atoms with E-state index in [4.69, 9.17) is 0 Å². The van der Waals surface area contributed by atoms with Gasteiger partial charge in [0.1, 0.15) is 0 Å². The van der Waals surface area contributed by atoms with E-state index in [1.54, 1.807) is 6.08 Å². The zero-order valence-electron chi connectivity index (χ0n) is 37.7. The largest absolute Gasteiger partial charge is 0.394 e. The molecule has 0 heterocycles. The topological polar surface area (TPSA) is 69.6 Å². The number of rotatable bonds is 47. The molecule has 55 heavy (non-hydrogen) atoms. The summed E-state index contributed by atoms with van der Waals surface area (Å²) in [7, 11) is 0. The predicted molar refractivity (Wildman–Crippen MR) is 244 cm³/mol. The molecular formula is C51H101NO3. The Bertz CT molecular complexity index is 754. The SMILES string of the molecule is CCCCCCCCCCCCCCCCCCCCCC/C=C/C(O)C(CO)NC(=O)CCCCCCCCCCCCCCCCCCCCCCC. The monoisotopic (exact) mass is 776 g/mol. The maximum Gasteiger partial charge on any atom is 0.220 e. The second-order valence-electron chi connectivity index (χ2n) is 17.6. The van der Waals surface area contributed by atoms with E-state index in [1.165, 1.54) is 244 Å². The number of carbonyl (C=O) groups excluding carboxylic acids is 1. The summed E-state index contributed by atoms with van der Waals surface area (Å²) in [5.74, 6) is -0.0570. The van der Waals surface area contributed by atoms with E-state index in [-0.39, 0.29) is 12.5 Å². The molecule has 0 bridgehead atoms. The quantitative estimate of drug-likeness (QED) is 0.0426. The first-order valence-electron chi connectivity index (χ1n) is 25.4. The van der Waals surface area contributed by atoms with Crippen molar-refractivity contribution in [2.24, 2.45) is 0 Å². The molecule has 0 aliphatic carbocycles. The molecule has 0 aliphatic rings. The summed E-state index contributed by atoms with van der Waals surface area (Å²) in [6, 6.07) is -0.617. The van der Waals surface area contributed by atoms with Crippen LogP contribution in [0.3, 0.4) is 0 Å². The minimum absolute atomic E-state index is 0.0570. The zero-order valence-corrected chi connectivity index (χ0v) is 37.7. The average molecular weight is 776 g/mol. The van der Waals surface area contributed by atoms with Crippen molar-refractivity contribution < 1.29 is 15.0 Å². The fraction of sp³-hybridized carbons (Fsp3) is 0.941. The number of aliphatic hydroxyl groups excluding tert-OH is 2. The number of amides is 1. The normalized spacial score (nSPS) is 12.9. The van der Waals surface area contributed by atoms with E-state index in [9.17, 15) is 15.0 Å². The van der Waals surface area contributed by atoms with Gasteiger partial charge in [0.05, 0.1) is 18.8 Å². The molecule has 1 amide bonds. The first-order chi connectivity index (χ1) is 27.2. The number of aliphatic hydroxyl groups is 2. The number of allylic oxidation sites excluding steroid dienone is 1. The van der Waals surface area contributed by atoms with Crippen molar-refractivity contribution in [1.82, 2.24) is 5.32 Å². The lowest BCUT2D eigenvalue weighted by Crippen LogP contribution is -2.45. The van der Waals surface area contributed by atoms with E-state index in [1.807, 2.05) is 6.08 Å². The summed E-state index contributed by atoms with van der Waals surface area (Å²) in [5, 5.41) is 23.1. The zero-order chi connectivity index (χ0) is 40.0. The second kappa shape index (κ2) is 47.5. The van der Waals surface area contributed by atoms with Gasteiger partial charge >= 0.3 is 0 Å². The van der Waals surface area contributed by atoms with Crippen LogP contribution in [0.4, 0.5) is 0 Å². The van der Waals surface area contributed by atoms with Gasteiger partial charge in [-0.2, -0.15) is 0 Å². The van der Waals surface area contributed by atoms with Gasteiger partial charge in [-0.1, -0.05) is 276 Å². The van der Waals surface area contributed by atoms with Gasteiger partial charge in [0.15, 0.2) is 0 Å². The molecule has 0 aromatic rings. The average Bonchev–Trinajstić information content (AvgIpc) is 3.19. The summed E-state index contributed by atoms with van der Waals surface area (Å²) in [6.45, 7) is 4.35. The molecule has 0 saturated heterocycles. The van der Waals surface area contributed by atoms with Crippen molar-refractivity contribution in [3.8, 4) is 0 Å². The molecule has 328 valence electrons. The molecule has 0 aliphatic heterocycles. The fourth-order valence-corrected chi connectivity index (χ4v) is 8.12. The molecule has 2 atom stereocenters. The molecule has 0 fully saturated rings. The van der Waals surface area contributed by atoms with Gasteiger partial charge in [-0.05, 0) is 19.3 Å². The number of nitrogens with one attached hydrogen (secondary N) is 1. The molecule has 3 N–H and O–H groups in total. The Morgan fingerprint density at radius 3 is 0.945 bits per heavy atom. The lowest BCUT2D eigenvalue weighted by Gasteiger charge is -2.20. The van der Waals surface area contributed by atoms with Gasteiger partial charge in [-0.3, -0.25) is 4.79 Å². The van der Waals surface area contributed by atoms with Crippen molar-refractivity contribution >= 4 is 5.91 Å². The van der Waals surface area contributed by atoms with Gasteiger partial charge in [0.25, 0.3) is 0 Å². The number of carbonyl (C=O) groups is 1. The van der Waals surface area contributed by atoms with Crippen LogP contribution < -0.4 is 5.32 Å². The third-order valence-corrected chi connectivity index (χ3v) is 12.0. The minimum Gasteiger partial charge on any atom is -0.394 e. The van der Waals surface area contributed by atoms with Crippen LogP contribution in [-0.4, -0.2) is 34.9 Å². The highest BCUT2D eigenvalue weighted by molar-refractivity contribution is 5.76. The molecular weight excluding hydrogens is 675 g/mol. The number of hydrogen-bond donors (Lipinski definition) is 3. The fourth-order valence-electron chi connectivity index (χ4n) is 8.12. The van der Waals surface area contributed by atoms with Crippen LogP contribution in [0.2, 0.25) is 0 Å². The summed E-state index contributed by atoms with van der Waals surface area (Å²) in [6.07, 6.45) is 60.6. The third-order valence-electron chi connectivity index (χ3n) is 12.0. The molecule has 0 radical (unpaired) electrons. The molecule has 0 spiro atoms. The highest BCUT2D eigenvalue weighted by Crippen LogP contribution is 2.17. The third kappa shape index (κ3) is 44.1. The van der Waals surface area contributed by atoms with E-state index in [0.717, 1.165) is 25.7 Å².